The first-order valence-corrected chi connectivity index (χ1v) is 7.98. The molecule has 1 saturated carbocycles. The van der Waals surface area contributed by atoms with Crippen molar-refractivity contribution < 1.29 is 0 Å². The van der Waals surface area contributed by atoms with Crippen molar-refractivity contribution in [3.05, 3.63) is 35.9 Å². The molecule has 1 heteroatoms. The molecular weight excluding hydrogens is 230 g/mol. The smallest absolute Gasteiger partial charge is 0.0158 e. The van der Waals surface area contributed by atoms with Crippen LogP contribution in [0.2, 0.25) is 0 Å². The van der Waals surface area contributed by atoms with Crippen molar-refractivity contribution in [2.24, 2.45) is 11.8 Å². The molecule has 0 heterocycles. The van der Waals surface area contributed by atoms with Crippen molar-refractivity contribution in [3.8, 4) is 0 Å². The molecule has 2 rings (SSSR count). The molecule has 1 aliphatic rings. The summed E-state index contributed by atoms with van der Waals surface area (Å²) in [5.41, 5.74) is 1.47. The molecule has 0 bridgehead atoms. The highest BCUT2D eigenvalue weighted by Crippen LogP contribution is 2.36. The molecule has 1 N–H and O–H groups in total. The standard InChI is InChI=1S/C18H29N/c1-4-15-10-12-17(13-11-15)18(19-3)14(2)16-8-6-5-7-9-16/h5-9,14-15,17-19H,4,10-13H2,1-3H3. The summed E-state index contributed by atoms with van der Waals surface area (Å²) in [6, 6.07) is 11.6. The molecule has 1 aliphatic carbocycles. The fourth-order valence-electron chi connectivity index (χ4n) is 3.81. The van der Waals surface area contributed by atoms with Gasteiger partial charge in [-0.1, -0.05) is 63.4 Å². The second-order valence-electron chi connectivity index (χ2n) is 6.20. The van der Waals surface area contributed by atoms with Gasteiger partial charge in [-0.25, -0.2) is 0 Å². The number of nitrogens with one attached hydrogen (secondary N) is 1. The van der Waals surface area contributed by atoms with Crippen molar-refractivity contribution in [1.82, 2.24) is 5.32 Å². The zero-order chi connectivity index (χ0) is 13.7. The highest BCUT2D eigenvalue weighted by Gasteiger charge is 2.29. The Morgan fingerprint density at radius 3 is 2.26 bits per heavy atom. The molecule has 1 fully saturated rings. The first kappa shape index (κ1) is 14.6. The van der Waals surface area contributed by atoms with Gasteiger partial charge in [0.25, 0.3) is 0 Å². The molecule has 19 heavy (non-hydrogen) atoms. The normalized spacial score (nSPS) is 26.9. The van der Waals surface area contributed by atoms with Crippen molar-refractivity contribution in [3.63, 3.8) is 0 Å². The maximum Gasteiger partial charge on any atom is 0.0158 e. The van der Waals surface area contributed by atoms with Gasteiger partial charge >= 0.3 is 0 Å². The van der Waals surface area contributed by atoms with Crippen molar-refractivity contribution in [2.45, 2.75) is 57.9 Å². The maximum absolute atomic E-state index is 3.60. The number of likely N-dealkylation sites (N-methyl/N-ethyl adjacent to an activating group) is 1. The van der Waals surface area contributed by atoms with Crippen LogP contribution in [-0.4, -0.2) is 13.1 Å². The van der Waals surface area contributed by atoms with E-state index in [4.69, 9.17) is 0 Å². The zero-order valence-electron chi connectivity index (χ0n) is 12.7. The molecule has 0 radical (unpaired) electrons. The quantitative estimate of drug-likeness (QED) is 0.815. The van der Waals surface area contributed by atoms with Crippen LogP contribution in [-0.2, 0) is 0 Å². The van der Waals surface area contributed by atoms with Crippen LogP contribution in [0.25, 0.3) is 0 Å². The van der Waals surface area contributed by atoms with Gasteiger partial charge in [-0.05, 0) is 43.2 Å². The Morgan fingerprint density at radius 2 is 1.74 bits per heavy atom. The molecule has 1 aromatic carbocycles. The molecule has 106 valence electrons. The Labute approximate surface area is 118 Å². The summed E-state index contributed by atoms with van der Waals surface area (Å²) in [5, 5.41) is 3.60. The summed E-state index contributed by atoms with van der Waals surface area (Å²) in [7, 11) is 2.13. The first-order chi connectivity index (χ1) is 9.26. The maximum atomic E-state index is 3.60. The molecule has 2 atom stereocenters. The van der Waals surface area contributed by atoms with E-state index in [9.17, 15) is 0 Å². The summed E-state index contributed by atoms with van der Waals surface area (Å²) < 4.78 is 0. The molecular formula is C18H29N. The number of hydrogen-bond acceptors (Lipinski definition) is 1. The minimum Gasteiger partial charge on any atom is -0.316 e. The van der Waals surface area contributed by atoms with Crippen LogP contribution in [0, 0.1) is 11.8 Å². The van der Waals surface area contributed by atoms with E-state index in [1.54, 1.807) is 0 Å². The minimum absolute atomic E-state index is 0.606. The zero-order valence-corrected chi connectivity index (χ0v) is 12.7. The van der Waals surface area contributed by atoms with E-state index in [-0.39, 0.29) is 0 Å². The summed E-state index contributed by atoms with van der Waals surface area (Å²) >= 11 is 0. The van der Waals surface area contributed by atoms with Gasteiger partial charge in [0.2, 0.25) is 0 Å². The number of rotatable bonds is 5. The lowest BCUT2D eigenvalue weighted by molar-refractivity contribution is 0.208. The van der Waals surface area contributed by atoms with E-state index in [1.807, 2.05) is 0 Å². The van der Waals surface area contributed by atoms with Crippen molar-refractivity contribution in [1.29, 1.82) is 0 Å². The van der Waals surface area contributed by atoms with Gasteiger partial charge in [-0.3, -0.25) is 0 Å². The lowest BCUT2D eigenvalue weighted by Gasteiger charge is -2.36. The Bertz CT molecular complexity index is 351. The third kappa shape index (κ3) is 3.60. The van der Waals surface area contributed by atoms with Crippen LogP contribution in [0.15, 0.2) is 30.3 Å². The van der Waals surface area contributed by atoms with E-state index in [2.05, 4.69) is 56.5 Å². The predicted molar refractivity (Wildman–Crippen MR) is 83.4 cm³/mol. The average molecular weight is 259 g/mol. The van der Waals surface area contributed by atoms with Gasteiger partial charge in [0.15, 0.2) is 0 Å². The van der Waals surface area contributed by atoms with Crippen LogP contribution in [0.3, 0.4) is 0 Å². The van der Waals surface area contributed by atoms with Crippen molar-refractivity contribution in [2.75, 3.05) is 7.05 Å². The molecule has 0 aromatic heterocycles. The highest BCUT2D eigenvalue weighted by molar-refractivity contribution is 5.21. The van der Waals surface area contributed by atoms with E-state index in [1.165, 1.54) is 37.7 Å². The van der Waals surface area contributed by atoms with E-state index >= 15 is 0 Å². The van der Waals surface area contributed by atoms with Crippen molar-refractivity contribution >= 4 is 0 Å². The topological polar surface area (TPSA) is 12.0 Å². The summed E-state index contributed by atoms with van der Waals surface area (Å²) in [6.45, 7) is 4.72. The lowest BCUT2D eigenvalue weighted by Crippen LogP contribution is -2.39. The predicted octanol–water partition coefficient (Wildman–Crippen LogP) is 4.59. The molecule has 0 aliphatic heterocycles. The first-order valence-electron chi connectivity index (χ1n) is 7.98. The van der Waals surface area contributed by atoms with Crippen LogP contribution >= 0.6 is 0 Å². The largest absolute Gasteiger partial charge is 0.316 e. The van der Waals surface area contributed by atoms with Gasteiger partial charge in [0.05, 0.1) is 0 Å². The fraction of sp³-hybridized carbons (Fsp3) is 0.667. The number of hydrogen-bond donors (Lipinski definition) is 1. The fourth-order valence-corrected chi connectivity index (χ4v) is 3.81. The average Bonchev–Trinajstić information content (AvgIpc) is 2.49. The highest BCUT2D eigenvalue weighted by atomic mass is 14.9. The minimum atomic E-state index is 0.606. The Morgan fingerprint density at radius 1 is 1.11 bits per heavy atom. The third-order valence-electron chi connectivity index (χ3n) is 5.17. The van der Waals surface area contributed by atoms with Gasteiger partial charge in [-0.2, -0.15) is 0 Å². The van der Waals surface area contributed by atoms with E-state index < -0.39 is 0 Å². The summed E-state index contributed by atoms with van der Waals surface area (Å²) in [5.74, 6) is 2.44. The number of benzene rings is 1. The van der Waals surface area contributed by atoms with Crippen LogP contribution in [0.1, 0.15) is 57.4 Å². The summed E-state index contributed by atoms with van der Waals surface area (Å²) in [6.07, 6.45) is 7.04. The van der Waals surface area contributed by atoms with Crippen LogP contribution < -0.4 is 5.32 Å². The van der Waals surface area contributed by atoms with Gasteiger partial charge in [-0.15, -0.1) is 0 Å². The Kier molecular flexibility index (Phi) is 5.45. The SMILES string of the molecule is CCC1CCC(C(NC)C(C)c2ccccc2)CC1. The van der Waals surface area contributed by atoms with Gasteiger partial charge in [0, 0.05) is 6.04 Å². The summed E-state index contributed by atoms with van der Waals surface area (Å²) in [4.78, 5) is 0. The molecule has 0 spiro atoms. The van der Waals surface area contributed by atoms with Crippen LogP contribution in [0.5, 0.6) is 0 Å². The molecule has 0 saturated heterocycles. The van der Waals surface area contributed by atoms with E-state index in [0.717, 1.165) is 11.8 Å². The van der Waals surface area contributed by atoms with E-state index in [0.29, 0.717) is 12.0 Å². The molecule has 0 amide bonds. The Hall–Kier alpha value is -0.820. The van der Waals surface area contributed by atoms with Gasteiger partial charge < -0.3 is 5.32 Å². The second-order valence-corrected chi connectivity index (χ2v) is 6.20. The Balaban J connectivity index is 2.00. The molecule has 1 nitrogen and oxygen atoms in total. The van der Waals surface area contributed by atoms with Gasteiger partial charge in [0.1, 0.15) is 0 Å². The lowest BCUT2D eigenvalue weighted by atomic mass is 9.73. The third-order valence-corrected chi connectivity index (χ3v) is 5.17. The molecule has 2 unspecified atom stereocenters. The second kappa shape index (κ2) is 7.09. The van der Waals surface area contributed by atoms with Crippen LogP contribution in [0.4, 0.5) is 0 Å². The molecule has 1 aromatic rings. The monoisotopic (exact) mass is 259 g/mol.